The highest BCUT2D eigenvalue weighted by Gasteiger charge is 2.30. The number of aromatic hydroxyl groups is 1. The molecule has 2 aromatic carbocycles. The molecule has 0 aliphatic rings. The maximum absolute atomic E-state index is 12.6. The fraction of sp³-hybridized carbons (Fsp3) is 0.167. The summed E-state index contributed by atoms with van der Waals surface area (Å²) in [5.74, 6) is -0.748. The van der Waals surface area contributed by atoms with Crippen LogP contribution in [0.25, 0.3) is 10.9 Å². The van der Waals surface area contributed by atoms with Crippen LogP contribution in [0.2, 0.25) is 15.1 Å². The van der Waals surface area contributed by atoms with Crippen LogP contribution in [-0.2, 0) is 10.2 Å². The number of hydrogen-bond donors (Lipinski definition) is 2. The van der Waals surface area contributed by atoms with Crippen molar-refractivity contribution >= 4 is 57.3 Å². The summed E-state index contributed by atoms with van der Waals surface area (Å²) >= 11 is 18.2. The van der Waals surface area contributed by atoms with Crippen LogP contribution in [0.3, 0.4) is 0 Å². The Morgan fingerprint density at radius 1 is 1.04 bits per heavy atom. The quantitative estimate of drug-likeness (QED) is 0.488. The van der Waals surface area contributed by atoms with Crippen LogP contribution in [0.15, 0.2) is 46.6 Å². The van der Waals surface area contributed by atoms with Gasteiger partial charge in [-0.25, -0.2) is 0 Å². The lowest BCUT2D eigenvalue weighted by atomic mass is 9.84. The van der Waals surface area contributed by atoms with Gasteiger partial charge in [-0.3, -0.25) is 4.79 Å². The van der Waals surface area contributed by atoms with Gasteiger partial charge in [-0.1, -0.05) is 46.9 Å². The molecule has 3 aromatic rings. The lowest BCUT2D eigenvalue weighted by Crippen LogP contribution is -2.27. The Labute approximate surface area is 164 Å². The molecule has 8 heteroatoms. The van der Waals surface area contributed by atoms with Crippen molar-refractivity contribution in [2.45, 2.75) is 19.3 Å². The molecule has 0 saturated carbocycles. The second kappa shape index (κ2) is 6.91. The molecule has 0 radical (unpaired) electrons. The van der Waals surface area contributed by atoms with Gasteiger partial charge in [0, 0.05) is 5.02 Å². The number of amides is 1. The topological polar surface area (TPSA) is 77.8 Å². The van der Waals surface area contributed by atoms with E-state index in [2.05, 4.69) is 15.2 Å². The highest BCUT2D eigenvalue weighted by atomic mass is 35.5. The SMILES string of the molecule is CC(C)(C(=O)N=Nc1c(O)[nH]c2c(Cl)ccc(Cl)c12)c1ccc(Cl)cc1. The van der Waals surface area contributed by atoms with Crippen LogP contribution >= 0.6 is 34.8 Å². The Kier molecular flexibility index (Phi) is 4.97. The molecule has 1 aromatic heterocycles. The van der Waals surface area contributed by atoms with E-state index in [1.807, 2.05) is 0 Å². The van der Waals surface area contributed by atoms with Crippen LogP contribution in [0, 0.1) is 0 Å². The van der Waals surface area contributed by atoms with Crippen molar-refractivity contribution in [1.29, 1.82) is 0 Å². The molecule has 0 atom stereocenters. The first-order valence-electron chi connectivity index (χ1n) is 7.62. The van der Waals surface area contributed by atoms with E-state index in [0.717, 1.165) is 5.56 Å². The van der Waals surface area contributed by atoms with Crippen molar-refractivity contribution in [2.75, 3.05) is 0 Å². The normalized spacial score (nSPS) is 12.2. The van der Waals surface area contributed by atoms with Crippen LogP contribution in [0.4, 0.5) is 5.69 Å². The van der Waals surface area contributed by atoms with Crippen molar-refractivity contribution in [2.24, 2.45) is 10.2 Å². The van der Waals surface area contributed by atoms with E-state index in [1.165, 1.54) is 0 Å². The third-order valence-electron chi connectivity index (χ3n) is 4.15. The molecule has 134 valence electrons. The summed E-state index contributed by atoms with van der Waals surface area (Å²) in [6, 6.07) is 10.1. The van der Waals surface area contributed by atoms with Gasteiger partial charge in [0.1, 0.15) is 0 Å². The van der Waals surface area contributed by atoms with E-state index in [-0.39, 0.29) is 11.6 Å². The van der Waals surface area contributed by atoms with Gasteiger partial charge in [0.15, 0.2) is 5.69 Å². The molecule has 0 aliphatic carbocycles. The lowest BCUT2D eigenvalue weighted by molar-refractivity contribution is -0.122. The van der Waals surface area contributed by atoms with Crippen molar-refractivity contribution in [3.63, 3.8) is 0 Å². The average Bonchev–Trinajstić information content (AvgIpc) is 2.94. The minimum atomic E-state index is -0.919. The number of fused-ring (bicyclic) bond motifs is 1. The number of hydrogen-bond acceptors (Lipinski definition) is 3. The molecular formula is C18H14Cl3N3O2. The van der Waals surface area contributed by atoms with Gasteiger partial charge >= 0.3 is 0 Å². The first kappa shape index (κ1) is 18.7. The Bertz CT molecular complexity index is 1020. The summed E-state index contributed by atoms with van der Waals surface area (Å²) in [4.78, 5) is 15.3. The zero-order valence-electron chi connectivity index (χ0n) is 13.8. The van der Waals surface area contributed by atoms with Crippen LogP contribution < -0.4 is 0 Å². The van der Waals surface area contributed by atoms with E-state index in [0.29, 0.717) is 26.0 Å². The number of carbonyl (C=O) groups is 1. The summed E-state index contributed by atoms with van der Waals surface area (Å²) < 4.78 is 0. The zero-order chi connectivity index (χ0) is 19.1. The molecule has 26 heavy (non-hydrogen) atoms. The van der Waals surface area contributed by atoms with E-state index in [1.54, 1.807) is 50.2 Å². The smallest absolute Gasteiger partial charge is 0.274 e. The monoisotopic (exact) mass is 409 g/mol. The Balaban J connectivity index is 1.98. The molecule has 3 rings (SSSR count). The van der Waals surface area contributed by atoms with Gasteiger partial charge in [0.05, 0.1) is 26.4 Å². The first-order chi connectivity index (χ1) is 12.2. The number of aromatic amines is 1. The van der Waals surface area contributed by atoms with Gasteiger partial charge in [0.2, 0.25) is 5.88 Å². The van der Waals surface area contributed by atoms with Crippen LogP contribution in [0.5, 0.6) is 5.88 Å². The number of benzene rings is 2. The molecule has 0 bridgehead atoms. The molecule has 0 aliphatic heterocycles. The molecule has 1 heterocycles. The lowest BCUT2D eigenvalue weighted by Gasteiger charge is -2.20. The second-order valence-corrected chi connectivity index (χ2v) is 7.49. The summed E-state index contributed by atoms with van der Waals surface area (Å²) in [5.41, 5.74) is 0.315. The Hall–Kier alpha value is -2.08. The van der Waals surface area contributed by atoms with Gasteiger partial charge in [-0.05, 0) is 43.7 Å². The third kappa shape index (κ3) is 3.30. The van der Waals surface area contributed by atoms with Gasteiger partial charge in [-0.2, -0.15) is 0 Å². The number of halogens is 3. The fourth-order valence-electron chi connectivity index (χ4n) is 2.51. The van der Waals surface area contributed by atoms with E-state index >= 15 is 0 Å². The maximum atomic E-state index is 12.6. The predicted octanol–water partition coefficient (Wildman–Crippen LogP) is 6.42. The van der Waals surface area contributed by atoms with Gasteiger partial charge in [-0.15, -0.1) is 10.2 Å². The number of carbonyl (C=O) groups excluding carboxylic acids is 1. The summed E-state index contributed by atoms with van der Waals surface area (Å²) in [5, 5.41) is 19.5. The molecule has 0 fully saturated rings. The summed E-state index contributed by atoms with van der Waals surface area (Å²) in [7, 11) is 0. The Morgan fingerprint density at radius 3 is 2.31 bits per heavy atom. The molecular weight excluding hydrogens is 397 g/mol. The number of aromatic nitrogens is 1. The number of azo groups is 1. The van der Waals surface area contributed by atoms with E-state index in [9.17, 15) is 9.90 Å². The standard InChI is InChI=1S/C18H14Cl3N3O2/c1-18(2,9-3-5-10(19)6-4-9)17(26)24-23-15-13-11(20)7-8-12(21)14(13)22-16(15)25/h3-8,22,25H,1-2H3. The maximum Gasteiger partial charge on any atom is 0.274 e. The minimum Gasteiger partial charge on any atom is -0.493 e. The summed E-state index contributed by atoms with van der Waals surface area (Å²) in [6.45, 7) is 3.47. The molecule has 0 saturated heterocycles. The molecule has 0 unspecified atom stereocenters. The molecule has 5 nitrogen and oxygen atoms in total. The van der Waals surface area contributed by atoms with Gasteiger partial charge in [0.25, 0.3) is 5.91 Å². The highest BCUT2D eigenvalue weighted by Crippen LogP contribution is 2.42. The summed E-state index contributed by atoms with van der Waals surface area (Å²) in [6.07, 6.45) is 0. The van der Waals surface area contributed by atoms with Crippen LogP contribution in [-0.4, -0.2) is 16.0 Å². The van der Waals surface area contributed by atoms with Gasteiger partial charge < -0.3 is 10.1 Å². The fourth-order valence-corrected chi connectivity index (χ4v) is 3.09. The molecule has 1 amide bonds. The number of nitrogens with one attached hydrogen (secondary N) is 1. The van der Waals surface area contributed by atoms with Crippen LogP contribution in [0.1, 0.15) is 19.4 Å². The Morgan fingerprint density at radius 2 is 1.65 bits per heavy atom. The first-order valence-corrected chi connectivity index (χ1v) is 8.76. The number of rotatable bonds is 3. The largest absolute Gasteiger partial charge is 0.493 e. The van der Waals surface area contributed by atoms with Crippen molar-refractivity contribution in [3.8, 4) is 5.88 Å². The van der Waals surface area contributed by atoms with Crippen molar-refractivity contribution < 1.29 is 9.90 Å². The molecule has 0 spiro atoms. The predicted molar refractivity (Wildman–Crippen MR) is 104 cm³/mol. The number of H-pyrrole nitrogens is 1. The van der Waals surface area contributed by atoms with Crippen molar-refractivity contribution in [3.05, 3.63) is 57.0 Å². The van der Waals surface area contributed by atoms with E-state index < -0.39 is 11.3 Å². The van der Waals surface area contributed by atoms with Crippen molar-refractivity contribution in [1.82, 2.24) is 4.98 Å². The zero-order valence-corrected chi connectivity index (χ0v) is 16.1. The number of nitrogens with zero attached hydrogens (tertiary/aromatic N) is 2. The highest BCUT2D eigenvalue weighted by molar-refractivity contribution is 6.41. The minimum absolute atomic E-state index is 0.0627. The average molecular weight is 411 g/mol. The second-order valence-electron chi connectivity index (χ2n) is 6.24. The third-order valence-corrected chi connectivity index (χ3v) is 5.03. The van der Waals surface area contributed by atoms with E-state index in [4.69, 9.17) is 34.8 Å². The molecule has 2 N–H and O–H groups in total.